The van der Waals surface area contributed by atoms with Crippen molar-refractivity contribution < 1.29 is 28.7 Å². The Bertz CT molecular complexity index is 1280. The maximum absolute atomic E-state index is 12.7. The molecule has 0 aromatic heterocycles. The molecule has 34 heavy (non-hydrogen) atoms. The van der Waals surface area contributed by atoms with Crippen molar-refractivity contribution in [2.45, 2.75) is 6.42 Å². The largest absolute Gasteiger partial charge is 0.495 e. The van der Waals surface area contributed by atoms with Crippen LogP contribution in [-0.2, 0) is 9.59 Å². The average molecular weight is 456 g/mol. The number of benzene rings is 3. The third-order valence-corrected chi connectivity index (χ3v) is 5.94. The first-order valence-electron chi connectivity index (χ1n) is 10.7. The normalized spacial score (nSPS) is 17.2. The zero-order chi connectivity index (χ0) is 23.8. The molecule has 3 aromatic carbocycles. The summed E-state index contributed by atoms with van der Waals surface area (Å²) in [6.07, 6.45) is 0.0318. The molecule has 5 rings (SSSR count). The molecule has 0 bridgehead atoms. The Labute approximate surface area is 195 Å². The first-order valence-corrected chi connectivity index (χ1v) is 10.7. The number of para-hydroxylation sites is 2. The van der Waals surface area contributed by atoms with Gasteiger partial charge in [0, 0.05) is 13.0 Å². The number of nitrogens with zero attached hydrogens (tertiary/aromatic N) is 2. The van der Waals surface area contributed by atoms with Crippen LogP contribution in [-0.4, -0.2) is 37.3 Å². The molecule has 0 radical (unpaired) electrons. The molecule has 0 unspecified atom stereocenters. The SMILES string of the molecule is COc1ccccc1N1C[C@@H](C(=O)Oc2ccc(N3C(=O)c4ccccc4C3=O)cc2)CC1=O. The highest BCUT2D eigenvalue weighted by atomic mass is 16.5. The minimum Gasteiger partial charge on any atom is -0.495 e. The number of fused-ring (bicyclic) bond motifs is 1. The third-order valence-electron chi connectivity index (χ3n) is 5.94. The van der Waals surface area contributed by atoms with Crippen LogP contribution in [0.4, 0.5) is 11.4 Å². The second-order valence-corrected chi connectivity index (χ2v) is 7.98. The molecule has 2 aliphatic heterocycles. The minimum absolute atomic E-state index is 0.0318. The highest BCUT2D eigenvalue weighted by Gasteiger charge is 2.38. The lowest BCUT2D eigenvalue weighted by Crippen LogP contribution is -2.29. The van der Waals surface area contributed by atoms with Gasteiger partial charge in [-0.05, 0) is 48.5 Å². The summed E-state index contributed by atoms with van der Waals surface area (Å²) >= 11 is 0. The molecule has 0 saturated carbocycles. The quantitative estimate of drug-likeness (QED) is 0.332. The van der Waals surface area contributed by atoms with E-state index in [-0.39, 0.29) is 24.6 Å². The van der Waals surface area contributed by atoms with Crippen molar-refractivity contribution in [2.24, 2.45) is 5.92 Å². The summed E-state index contributed by atoms with van der Waals surface area (Å²) in [4.78, 5) is 53.2. The number of ether oxygens (including phenoxy) is 2. The summed E-state index contributed by atoms with van der Waals surface area (Å²) in [5.74, 6) is -1.33. The number of hydrogen-bond donors (Lipinski definition) is 0. The lowest BCUT2D eigenvalue weighted by molar-refractivity contribution is -0.139. The van der Waals surface area contributed by atoms with E-state index >= 15 is 0 Å². The molecule has 2 aliphatic rings. The highest BCUT2D eigenvalue weighted by molar-refractivity contribution is 6.34. The van der Waals surface area contributed by atoms with Crippen LogP contribution in [0.3, 0.4) is 0 Å². The number of imide groups is 1. The molecule has 8 nitrogen and oxygen atoms in total. The Morgan fingerprint density at radius 2 is 1.47 bits per heavy atom. The molecule has 8 heteroatoms. The Kier molecular flexibility index (Phi) is 5.33. The van der Waals surface area contributed by atoms with E-state index in [1.165, 1.54) is 24.1 Å². The maximum Gasteiger partial charge on any atom is 0.316 e. The van der Waals surface area contributed by atoms with Crippen LogP contribution in [0.25, 0.3) is 0 Å². The number of amides is 3. The smallest absolute Gasteiger partial charge is 0.316 e. The van der Waals surface area contributed by atoms with Crippen molar-refractivity contribution in [1.82, 2.24) is 0 Å². The van der Waals surface area contributed by atoms with Crippen molar-refractivity contribution >= 4 is 35.1 Å². The van der Waals surface area contributed by atoms with Crippen molar-refractivity contribution in [3.8, 4) is 11.5 Å². The molecule has 2 heterocycles. The molecular weight excluding hydrogens is 436 g/mol. The summed E-state index contributed by atoms with van der Waals surface area (Å²) in [5, 5.41) is 0. The van der Waals surface area contributed by atoms with E-state index in [2.05, 4.69) is 0 Å². The van der Waals surface area contributed by atoms with Crippen LogP contribution in [0.5, 0.6) is 11.5 Å². The molecule has 0 N–H and O–H groups in total. The number of methoxy groups -OCH3 is 1. The molecule has 3 amide bonds. The maximum atomic E-state index is 12.7. The summed E-state index contributed by atoms with van der Waals surface area (Å²) < 4.78 is 10.8. The van der Waals surface area contributed by atoms with Crippen LogP contribution in [0.2, 0.25) is 0 Å². The number of carbonyl (C=O) groups is 4. The van der Waals surface area contributed by atoms with E-state index in [0.29, 0.717) is 28.3 Å². The predicted molar refractivity (Wildman–Crippen MR) is 123 cm³/mol. The van der Waals surface area contributed by atoms with E-state index in [4.69, 9.17) is 9.47 Å². The van der Waals surface area contributed by atoms with Gasteiger partial charge in [0.05, 0.1) is 35.5 Å². The van der Waals surface area contributed by atoms with Gasteiger partial charge in [-0.25, -0.2) is 4.90 Å². The summed E-state index contributed by atoms with van der Waals surface area (Å²) in [5.41, 5.74) is 1.70. The molecule has 0 spiro atoms. The van der Waals surface area contributed by atoms with Gasteiger partial charge < -0.3 is 14.4 Å². The number of hydrogen-bond acceptors (Lipinski definition) is 6. The van der Waals surface area contributed by atoms with Crippen LogP contribution < -0.4 is 19.3 Å². The number of anilines is 2. The Morgan fingerprint density at radius 3 is 2.12 bits per heavy atom. The Hall–Kier alpha value is -4.46. The molecular formula is C26H20N2O6. The van der Waals surface area contributed by atoms with E-state index < -0.39 is 23.7 Å². The first kappa shape index (κ1) is 21.4. The number of rotatable bonds is 5. The predicted octanol–water partition coefficient (Wildman–Crippen LogP) is 3.45. The zero-order valence-corrected chi connectivity index (χ0v) is 18.3. The van der Waals surface area contributed by atoms with Gasteiger partial charge in [0.2, 0.25) is 5.91 Å². The van der Waals surface area contributed by atoms with Crippen molar-refractivity contribution in [2.75, 3.05) is 23.5 Å². The number of esters is 1. The van der Waals surface area contributed by atoms with Crippen LogP contribution in [0, 0.1) is 5.92 Å². The minimum atomic E-state index is -0.631. The van der Waals surface area contributed by atoms with Crippen LogP contribution >= 0.6 is 0 Å². The molecule has 170 valence electrons. The van der Waals surface area contributed by atoms with Gasteiger partial charge in [0.1, 0.15) is 11.5 Å². The molecule has 1 saturated heterocycles. The topological polar surface area (TPSA) is 93.2 Å². The molecule has 1 fully saturated rings. The lowest BCUT2D eigenvalue weighted by Gasteiger charge is -2.19. The monoisotopic (exact) mass is 456 g/mol. The van der Waals surface area contributed by atoms with Gasteiger partial charge in [-0.3, -0.25) is 19.2 Å². The first-order chi connectivity index (χ1) is 16.5. The molecule has 3 aromatic rings. The standard InChI is InChI=1S/C26H20N2O6/c1-33-22-9-5-4-8-21(22)27-15-16(14-23(27)29)26(32)34-18-12-10-17(11-13-18)28-24(30)19-6-2-3-7-20(19)25(28)31/h2-13,16H,14-15H2,1H3/t16-/m0/s1. The van der Waals surface area contributed by atoms with Crippen molar-refractivity contribution in [1.29, 1.82) is 0 Å². The summed E-state index contributed by atoms with van der Waals surface area (Å²) in [6, 6.07) is 19.9. The molecule has 1 atom stereocenters. The summed E-state index contributed by atoms with van der Waals surface area (Å²) in [7, 11) is 1.52. The molecule has 0 aliphatic carbocycles. The second-order valence-electron chi connectivity index (χ2n) is 7.98. The van der Waals surface area contributed by atoms with E-state index in [1.54, 1.807) is 60.7 Å². The summed E-state index contributed by atoms with van der Waals surface area (Å²) in [6.45, 7) is 0.186. The Balaban J connectivity index is 1.27. The van der Waals surface area contributed by atoms with E-state index in [1.807, 2.05) is 0 Å². The number of carbonyl (C=O) groups excluding carboxylic acids is 4. The second kappa shape index (κ2) is 8.47. The van der Waals surface area contributed by atoms with E-state index in [0.717, 1.165) is 4.90 Å². The van der Waals surface area contributed by atoms with Gasteiger partial charge in [-0.1, -0.05) is 24.3 Å². The lowest BCUT2D eigenvalue weighted by atomic mass is 10.1. The fourth-order valence-electron chi connectivity index (χ4n) is 4.24. The fraction of sp³-hybridized carbons (Fsp3) is 0.154. The van der Waals surface area contributed by atoms with Gasteiger partial charge in [-0.15, -0.1) is 0 Å². The van der Waals surface area contributed by atoms with Crippen LogP contribution in [0.15, 0.2) is 72.8 Å². The average Bonchev–Trinajstić information content (AvgIpc) is 3.37. The van der Waals surface area contributed by atoms with Crippen molar-refractivity contribution in [3.63, 3.8) is 0 Å². The Morgan fingerprint density at radius 1 is 0.853 bits per heavy atom. The third kappa shape index (κ3) is 3.59. The van der Waals surface area contributed by atoms with E-state index in [9.17, 15) is 19.2 Å². The van der Waals surface area contributed by atoms with Gasteiger partial charge >= 0.3 is 5.97 Å². The zero-order valence-electron chi connectivity index (χ0n) is 18.3. The van der Waals surface area contributed by atoms with Crippen LogP contribution in [0.1, 0.15) is 27.1 Å². The van der Waals surface area contributed by atoms with Gasteiger partial charge in [0.15, 0.2) is 0 Å². The van der Waals surface area contributed by atoms with Gasteiger partial charge in [0.25, 0.3) is 11.8 Å². The fourth-order valence-corrected chi connectivity index (χ4v) is 4.24. The van der Waals surface area contributed by atoms with Gasteiger partial charge in [-0.2, -0.15) is 0 Å². The van der Waals surface area contributed by atoms with Crippen molar-refractivity contribution in [3.05, 3.63) is 83.9 Å². The highest BCUT2D eigenvalue weighted by Crippen LogP contribution is 2.34.